The fourth-order valence-electron chi connectivity index (χ4n) is 1.93. The molecule has 0 aromatic heterocycles. The van der Waals surface area contributed by atoms with Crippen LogP contribution >= 0.6 is 0 Å². The minimum absolute atomic E-state index is 0.0464. The number of rotatable bonds is 5. The van der Waals surface area contributed by atoms with E-state index in [9.17, 15) is 4.79 Å². The molecule has 3 heteroatoms. The number of benzene rings is 1. The van der Waals surface area contributed by atoms with Gasteiger partial charge in [0.25, 0.3) is 0 Å². The zero-order chi connectivity index (χ0) is 13.2. The van der Waals surface area contributed by atoms with Gasteiger partial charge in [0.1, 0.15) is 5.75 Å². The normalized spacial score (nSPS) is 15.9. The lowest BCUT2D eigenvalue weighted by Gasteiger charge is -2.12. The maximum atomic E-state index is 11.9. The van der Waals surface area contributed by atoms with E-state index in [1.807, 2.05) is 18.2 Å². The lowest BCUT2D eigenvalue weighted by molar-refractivity contribution is -0.121. The Hall–Kier alpha value is -1.77. The molecule has 0 radical (unpaired) electrons. The third-order valence-electron chi connectivity index (χ3n) is 3.32. The summed E-state index contributed by atoms with van der Waals surface area (Å²) in [6, 6.07) is 5.74. The van der Waals surface area contributed by atoms with Gasteiger partial charge in [0, 0.05) is 11.1 Å². The summed E-state index contributed by atoms with van der Waals surface area (Å²) in [7, 11) is 1.63. The van der Waals surface area contributed by atoms with Gasteiger partial charge in [-0.2, -0.15) is 0 Å². The number of amides is 1. The number of carbonyl (C=O) groups is 1. The predicted molar refractivity (Wildman–Crippen MR) is 72.6 cm³/mol. The molecule has 1 aromatic carbocycles. The predicted octanol–water partition coefficient (Wildman–Crippen LogP) is 2.55. The molecule has 0 saturated heterocycles. The molecule has 0 spiro atoms. The van der Waals surface area contributed by atoms with E-state index >= 15 is 0 Å². The molecule has 1 aliphatic rings. The first-order chi connectivity index (χ1) is 8.56. The van der Waals surface area contributed by atoms with E-state index in [0.717, 1.165) is 29.7 Å². The Morgan fingerprint density at radius 3 is 2.83 bits per heavy atom. The molecule has 1 amide bonds. The highest BCUT2D eigenvalue weighted by Gasteiger charge is 2.38. The van der Waals surface area contributed by atoms with Crippen LogP contribution in [0.1, 0.15) is 30.9 Å². The van der Waals surface area contributed by atoms with Crippen LogP contribution in [-0.4, -0.2) is 18.6 Å². The van der Waals surface area contributed by atoms with E-state index in [2.05, 4.69) is 18.8 Å². The smallest absolute Gasteiger partial charge is 0.224 e. The van der Waals surface area contributed by atoms with Gasteiger partial charge in [-0.1, -0.05) is 18.7 Å². The lowest BCUT2D eigenvalue weighted by atomic mass is 10.1. The van der Waals surface area contributed by atoms with Gasteiger partial charge in [-0.25, -0.2) is 0 Å². The van der Waals surface area contributed by atoms with Crippen molar-refractivity contribution in [3.8, 4) is 5.75 Å². The highest BCUT2D eigenvalue weighted by molar-refractivity contribution is 5.80. The van der Waals surface area contributed by atoms with Gasteiger partial charge >= 0.3 is 0 Å². The van der Waals surface area contributed by atoms with E-state index in [1.165, 1.54) is 0 Å². The Kier molecular flexibility index (Phi) is 3.41. The highest BCUT2D eigenvalue weighted by atomic mass is 16.5. The van der Waals surface area contributed by atoms with E-state index < -0.39 is 0 Å². The highest BCUT2D eigenvalue weighted by Crippen LogP contribution is 2.34. The largest absolute Gasteiger partial charge is 0.496 e. The lowest BCUT2D eigenvalue weighted by Crippen LogP contribution is -2.35. The van der Waals surface area contributed by atoms with Gasteiger partial charge in [-0.3, -0.25) is 4.79 Å². The SMILES string of the molecule is C=Cc1cc(CC(=O)NC2(C)CC2)ccc1OC. The molecule has 1 fully saturated rings. The summed E-state index contributed by atoms with van der Waals surface area (Å²) in [5, 5.41) is 3.05. The monoisotopic (exact) mass is 245 g/mol. The number of hydrogen-bond donors (Lipinski definition) is 1. The van der Waals surface area contributed by atoms with Crippen molar-refractivity contribution in [2.45, 2.75) is 31.7 Å². The number of hydrogen-bond acceptors (Lipinski definition) is 2. The molecule has 3 nitrogen and oxygen atoms in total. The van der Waals surface area contributed by atoms with Crippen LogP contribution in [0.3, 0.4) is 0 Å². The third kappa shape index (κ3) is 2.92. The van der Waals surface area contributed by atoms with Crippen molar-refractivity contribution in [1.82, 2.24) is 5.32 Å². The summed E-state index contributed by atoms with van der Waals surface area (Å²) in [5.41, 5.74) is 1.94. The molecule has 1 saturated carbocycles. The first-order valence-electron chi connectivity index (χ1n) is 6.17. The van der Waals surface area contributed by atoms with Crippen LogP contribution in [0.15, 0.2) is 24.8 Å². The second-order valence-electron chi connectivity index (χ2n) is 5.07. The molecular formula is C15H19NO2. The average Bonchev–Trinajstić information content (AvgIpc) is 3.06. The quantitative estimate of drug-likeness (QED) is 0.865. The van der Waals surface area contributed by atoms with Crippen LogP contribution in [0, 0.1) is 0 Å². The van der Waals surface area contributed by atoms with Gasteiger partial charge in [-0.05, 0) is 37.5 Å². The van der Waals surface area contributed by atoms with Crippen molar-refractivity contribution in [2.75, 3.05) is 7.11 Å². The first-order valence-corrected chi connectivity index (χ1v) is 6.17. The molecule has 1 aromatic rings. The summed E-state index contributed by atoms with van der Waals surface area (Å²) < 4.78 is 5.21. The zero-order valence-electron chi connectivity index (χ0n) is 11.0. The molecule has 0 heterocycles. The summed E-state index contributed by atoms with van der Waals surface area (Å²) in [6.45, 7) is 5.83. The minimum Gasteiger partial charge on any atom is -0.496 e. The second kappa shape index (κ2) is 4.84. The van der Waals surface area contributed by atoms with E-state index in [4.69, 9.17) is 4.74 Å². The first kappa shape index (κ1) is 12.7. The number of nitrogens with one attached hydrogen (secondary N) is 1. The van der Waals surface area contributed by atoms with Crippen LogP contribution in [0.4, 0.5) is 0 Å². The van der Waals surface area contributed by atoms with Crippen LogP contribution in [0.2, 0.25) is 0 Å². The Labute approximate surface area is 108 Å². The van der Waals surface area contributed by atoms with Gasteiger partial charge in [0.15, 0.2) is 0 Å². The van der Waals surface area contributed by atoms with E-state index in [0.29, 0.717) is 6.42 Å². The standard InChI is InChI=1S/C15H19NO2/c1-4-12-9-11(5-6-13(12)18-3)10-14(17)16-15(2)7-8-15/h4-6,9H,1,7-8,10H2,2-3H3,(H,16,17). The van der Waals surface area contributed by atoms with Crippen molar-refractivity contribution >= 4 is 12.0 Å². The Morgan fingerprint density at radius 1 is 1.56 bits per heavy atom. The van der Waals surface area contributed by atoms with Crippen molar-refractivity contribution in [3.05, 3.63) is 35.9 Å². The van der Waals surface area contributed by atoms with E-state index in [-0.39, 0.29) is 11.4 Å². The van der Waals surface area contributed by atoms with Crippen molar-refractivity contribution in [3.63, 3.8) is 0 Å². The molecule has 1 N–H and O–H groups in total. The summed E-state index contributed by atoms with van der Waals surface area (Å²) >= 11 is 0. The fourth-order valence-corrected chi connectivity index (χ4v) is 1.93. The van der Waals surface area contributed by atoms with Crippen molar-refractivity contribution < 1.29 is 9.53 Å². The van der Waals surface area contributed by atoms with Gasteiger partial charge < -0.3 is 10.1 Å². The molecule has 0 bridgehead atoms. The second-order valence-corrected chi connectivity index (χ2v) is 5.07. The average molecular weight is 245 g/mol. The minimum atomic E-state index is 0.0464. The molecular weight excluding hydrogens is 226 g/mol. The number of carbonyl (C=O) groups excluding carboxylic acids is 1. The Balaban J connectivity index is 2.04. The zero-order valence-corrected chi connectivity index (χ0v) is 11.0. The summed E-state index contributed by atoms with van der Waals surface area (Å²) in [6.07, 6.45) is 4.31. The molecule has 2 rings (SSSR count). The van der Waals surface area contributed by atoms with Gasteiger partial charge in [0.05, 0.1) is 13.5 Å². The third-order valence-corrected chi connectivity index (χ3v) is 3.32. The molecule has 18 heavy (non-hydrogen) atoms. The van der Waals surface area contributed by atoms with Crippen LogP contribution in [-0.2, 0) is 11.2 Å². The van der Waals surface area contributed by atoms with E-state index in [1.54, 1.807) is 13.2 Å². The maximum Gasteiger partial charge on any atom is 0.224 e. The topological polar surface area (TPSA) is 38.3 Å². The van der Waals surface area contributed by atoms with Crippen LogP contribution in [0.25, 0.3) is 6.08 Å². The Morgan fingerprint density at radius 2 is 2.28 bits per heavy atom. The fraction of sp³-hybridized carbons (Fsp3) is 0.400. The van der Waals surface area contributed by atoms with Gasteiger partial charge in [-0.15, -0.1) is 0 Å². The maximum absolute atomic E-state index is 11.9. The molecule has 0 unspecified atom stereocenters. The van der Waals surface area contributed by atoms with Crippen LogP contribution in [0.5, 0.6) is 5.75 Å². The molecule has 1 aliphatic carbocycles. The van der Waals surface area contributed by atoms with Crippen molar-refractivity contribution in [1.29, 1.82) is 0 Å². The van der Waals surface area contributed by atoms with Crippen molar-refractivity contribution in [2.24, 2.45) is 0 Å². The van der Waals surface area contributed by atoms with Gasteiger partial charge in [0.2, 0.25) is 5.91 Å². The molecule has 0 aliphatic heterocycles. The molecule has 96 valence electrons. The number of ether oxygens (including phenoxy) is 1. The summed E-state index contributed by atoms with van der Waals surface area (Å²) in [5.74, 6) is 0.860. The molecule has 0 atom stereocenters. The van der Waals surface area contributed by atoms with Crippen LogP contribution < -0.4 is 10.1 Å². The Bertz CT molecular complexity index is 475. The summed E-state index contributed by atoms with van der Waals surface area (Å²) in [4.78, 5) is 11.9. The number of methoxy groups -OCH3 is 1.